The fourth-order valence-corrected chi connectivity index (χ4v) is 5.50. The lowest BCUT2D eigenvalue weighted by Crippen LogP contribution is -2.25. The van der Waals surface area contributed by atoms with Gasteiger partial charge < -0.3 is 30.2 Å². The molecule has 0 aromatic heterocycles. The number of amides is 2. The van der Waals surface area contributed by atoms with Gasteiger partial charge in [-0.3, -0.25) is 9.59 Å². The lowest BCUT2D eigenvalue weighted by Gasteiger charge is -2.24. The van der Waals surface area contributed by atoms with E-state index < -0.39 is 0 Å². The molecule has 8 nitrogen and oxygen atoms in total. The molecule has 0 aliphatic rings. The first kappa shape index (κ1) is 38.2. The largest absolute Gasteiger partial charge is 0.371 e. The van der Waals surface area contributed by atoms with E-state index in [1.807, 2.05) is 52.5 Å². The Balaban J connectivity index is 0.00000705. The number of benzene rings is 3. The number of nitrogens with zero attached hydrogens (tertiary/aromatic N) is 4. The fourth-order valence-electron chi connectivity index (χ4n) is 5.09. The lowest BCUT2D eigenvalue weighted by molar-refractivity contribution is 0.101. The second kappa shape index (κ2) is 18.8. The van der Waals surface area contributed by atoms with Crippen molar-refractivity contribution in [1.29, 1.82) is 0 Å². The molecule has 3 aromatic rings. The number of anilines is 4. The summed E-state index contributed by atoms with van der Waals surface area (Å²) in [5, 5.41) is 6.08. The van der Waals surface area contributed by atoms with Crippen LogP contribution in [-0.4, -0.2) is 87.7 Å². The van der Waals surface area contributed by atoms with Crippen molar-refractivity contribution in [3.63, 3.8) is 0 Å². The monoisotopic (exact) mass is 676 g/mol. The number of alkyl halides is 2. The molecule has 0 bridgehead atoms. The van der Waals surface area contributed by atoms with E-state index in [0.717, 1.165) is 48.7 Å². The Morgan fingerprint density at radius 1 is 0.622 bits per heavy atom. The Hall–Kier alpha value is -3.01. The normalized spacial score (nSPS) is 10.9. The summed E-state index contributed by atoms with van der Waals surface area (Å²) in [7, 11) is 8.06. The molecule has 11 heteroatoms. The van der Waals surface area contributed by atoms with Crippen molar-refractivity contribution in [1.82, 2.24) is 9.80 Å². The van der Waals surface area contributed by atoms with E-state index >= 15 is 0 Å². The zero-order valence-electron chi connectivity index (χ0n) is 27.2. The summed E-state index contributed by atoms with van der Waals surface area (Å²) in [6.45, 7) is 8.69. The first-order valence-corrected chi connectivity index (χ1v) is 16.1. The molecule has 246 valence electrons. The molecule has 0 fully saturated rings. The van der Waals surface area contributed by atoms with Gasteiger partial charge in [0.05, 0.1) is 0 Å². The van der Waals surface area contributed by atoms with Crippen LogP contribution in [0.1, 0.15) is 45.7 Å². The number of halogens is 3. The third-order valence-corrected chi connectivity index (χ3v) is 7.42. The zero-order chi connectivity index (χ0) is 32.2. The predicted molar refractivity (Wildman–Crippen MR) is 194 cm³/mol. The Morgan fingerprint density at radius 2 is 0.978 bits per heavy atom. The molecule has 2 amide bonds. The molecule has 2 N–H and O–H groups in total. The number of hydrogen-bond acceptors (Lipinski definition) is 6. The second-order valence-corrected chi connectivity index (χ2v) is 12.0. The Bertz CT molecular complexity index is 1280. The third kappa shape index (κ3) is 11.7. The fraction of sp³-hybridized carbons (Fsp3) is 0.412. The van der Waals surface area contributed by atoms with Crippen LogP contribution in [-0.2, 0) is 13.1 Å². The highest BCUT2D eigenvalue weighted by Crippen LogP contribution is 2.26. The minimum absolute atomic E-state index is 0. The summed E-state index contributed by atoms with van der Waals surface area (Å²) < 4.78 is 0. The molecule has 0 saturated carbocycles. The number of carbonyl (C=O) groups is 2. The molecule has 0 atom stereocenters. The number of rotatable bonds is 16. The van der Waals surface area contributed by atoms with Gasteiger partial charge in [-0.1, -0.05) is 0 Å². The van der Waals surface area contributed by atoms with Gasteiger partial charge in [0.25, 0.3) is 11.8 Å². The molecule has 0 aliphatic carbocycles. The first-order chi connectivity index (χ1) is 21.1. The maximum absolute atomic E-state index is 13.2. The molecular formula is C34H47Cl3N6O2. The highest BCUT2D eigenvalue weighted by molar-refractivity contribution is 6.18. The van der Waals surface area contributed by atoms with Crippen LogP contribution in [0.25, 0.3) is 0 Å². The van der Waals surface area contributed by atoms with E-state index in [9.17, 15) is 9.59 Å². The van der Waals surface area contributed by atoms with E-state index in [2.05, 4.69) is 56.2 Å². The van der Waals surface area contributed by atoms with Gasteiger partial charge in [-0.15, -0.1) is 35.6 Å². The van der Waals surface area contributed by atoms with Crippen molar-refractivity contribution in [3.05, 3.63) is 82.9 Å². The van der Waals surface area contributed by atoms with Gasteiger partial charge in [0.1, 0.15) is 0 Å². The molecular weight excluding hydrogens is 631 g/mol. The van der Waals surface area contributed by atoms with Crippen LogP contribution in [0.5, 0.6) is 0 Å². The predicted octanol–water partition coefficient (Wildman–Crippen LogP) is 6.87. The standard InChI is InChI=1S/C34H46Cl2N6O2.ClH/c1-7-41(15-13-35)31-19-25(23-39(3)4)17-29(21-31)37-33(43)27-9-11-28(12-10-27)34(44)38-30-18-26(24-40(5)6)20-32(22-30)42(8-2)16-14-36;/h9-12,17-22H,7-8,13-16,23-24H2,1-6H3,(H,37,43)(H,38,44);1H. The van der Waals surface area contributed by atoms with Gasteiger partial charge in [-0.25, -0.2) is 0 Å². The van der Waals surface area contributed by atoms with Crippen LogP contribution < -0.4 is 20.4 Å². The molecule has 0 aliphatic heterocycles. The second-order valence-electron chi connectivity index (χ2n) is 11.3. The maximum atomic E-state index is 13.2. The number of carbonyl (C=O) groups excluding carboxylic acids is 2. The summed E-state index contributed by atoms with van der Waals surface area (Å²) in [4.78, 5) is 35.0. The lowest BCUT2D eigenvalue weighted by atomic mass is 10.1. The van der Waals surface area contributed by atoms with Crippen LogP contribution in [0.4, 0.5) is 22.7 Å². The first-order valence-electron chi connectivity index (χ1n) is 15.0. The summed E-state index contributed by atoms with van der Waals surface area (Å²) in [6.07, 6.45) is 0. The summed E-state index contributed by atoms with van der Waals surface area (Å²) in [5.41, 5.74) is 6.55. The van der Waals surface area contributed by atoms with Crippen LogP contribution in [0.3, 0.4) is 0 Å². The smallest absolute Gasteiger partial charge is 0.255 e. The summed E-state index contributed by atoms with van der Waals surface area (Å²) in [5.74, 6) is 0.540. The molecule has 3 aromatic carbocycles. The molecule has 0 saturated heterocycles. The van der Waals surface area contributed by atoms with E-state index in [0.29, 0.717) is 47.4 Å². The highest BCUT2D eigenvalue weighted by atomic mass is 35.5. The molecule has 0 radical (unpaired) electrons. The minimum atomic E-state index is -0.245. The summed E-state index contributed by atoms with van der Waals surface area (Å²) >= 11 is 12.1. The third-order valence-electron chi connectivity index (χ3n) is 7.08. The molecule has 0 heterocycles. The number of hydrogen-bond donors (Lipinski definition) is 2. The van der Waals surface area contributed by atoms with Crippen LogP contribution in [0.2, 0.25) is 0 Å². The average molecular weight is 678 g/mol. The van der Waals surface area contributed by atoms with Gasteiger partial charge in [-0.2, -0.15) is 0 Å². The van der Waals surface area contributed by atoms with Gasteiger partial charge in [0, 0.05) is 84.9 Å². The SMILES string of the molecule is CCN(CCCl)c1cc(CN(C)C)cc(NC(=O)c2ccc(C(=O)Nc3cc(CN(C)C)cc(N(CC)CCCl)c3)cc2)c1.Cl. The Kier molecular flexibility index (Phi) is 16.0. The van der Waals surface area contributed by atoms with Crippen LogP contribution in [0.15, 0.2) is 60.7 Å². The summed E-state index contributed by atoms with van der Waals surface area (Å²) in [6, 6.07) is 18.9. The molecule has 0 spiro atoms. The zero-order valence-corrected chi connectivity index (χ0v) is 29.5. The van der Waals surface area contributed by atoms with Gasteiger partial charge in [0.2, 0.25) is 0 Å². The van der Waals surface area contributed by atoms with Crippen molar-refractivity contribution < 1.29 is 9.59 Å². The Labute approximate surface area is 285 Å². The highest BCUT2D eigenvalue weighted by Gasteiger charge is 2.14. The van der Waals surface area contributed by atoms with Crippen molar-refractivity contribution in [2.45, 2.75) is 26.9 Å². The molecule has 45 heavy (non-hydrogen) atoms. The Morgan fingerprint density at radius 3 is 1.27 bits per heavy atom. The van der Waals surface area contributed by atoms with Gasteiger partial charge in [-0.05, 0) is 114 Å². The maximum Gasteiger partial charge on any atom is 0.255 e. The quantitative estimate of drug-likeness (QED) is 0.161. The van der Waals surface area contributed by atoms with Gasteiger partial charge >= 0.3 is 0 Å². The van der Waals surface area contributed by atoms with E-state index in [1.165, 1.54) is 0 Å². The molecule has 0 unspecified atom stereocenters. The van der Waals surface area contributed by atoms with E-state index in [4.69, 9.17) is 23.2 Å². The van der Waals surface area contributed by atoms with Crippen molar-refractivity contribution in [2.75, 3.05) is 86.6 Å². The van der Waals surface area contributed by atoms with Crippen molar-refractivity contribution in [3.8, 4) is 0 Å². The van der Waals surface area contributed by atoms with Gasteiger partial charge in [0.15, 0.2) is 0 Å². The van der Waals surface area contributed by atoms with Crippen LogP contribution >= 0.6 is 35.6 Å². The van der Waals surface area contributed by atoms with Crippen molar-refractivity contribution in [2.24, 2.45) is 0 Å². The molecule has 3 rings (SSSR count). The number of nitrogens with one attached hydrogen (secondary N) is 2. The van der Waals surface area contributed by atoms with Crippen LogP contribution in [0, 0.1) is 0 Å². The van der Waals surface area contributed by atoms with E-state index in [1.54, 1.807) is 24.3 Å². The van der Waals surface area contributed by atoms with E-state index in [-0.39, 0.29) is 24.2 Å². The average Bonchev–Trinajstić information content (AvgIpc) is 2.97. The minimum Gasteiger partial charge on any atom is -0.371 e. The van der Waals surface area contributed by atoms with Crippen molar-refractivity contribution >= 4 is 70.2 Å². The topological polar surface area (TPSA) is 71.2 Å².